The van der Waals surface area contributed by atoms with Crippen molar-refractivity contribution >= 4 is 0 Å². The summed E-state index contributed by atoms with van der Waals surface area (Å²) in [6, 6.07) is 3.65. The first kappa shape index (κ1) is 13.8. The van der Waals surface area contributed by atoms with Crippen molar-refractivity contribution in [3.8, 4) is 0 Å². The maximum atomic E-state index is 4.62. The van der Waals surface area contributed by atoms with Crippen molar-refractivity contribution in [1.82, 2.24) is 19.6 Å². The molecule has 4 nitrogen and oxygen atoms in total. The average molecular weight is 288 g/mol. The minimum absolute atomic E-state index is 0.588. The van der Waals surface area contributed by atoms with Crippen LogP contribution in [0, 0.1) is 0 Å². The van der Waals surface area contributed by atoms with Gasteiger partial charge in [0.1, 0.15) is 0 Å². The number of rotatable bonds is 4. The Hall–Kier alpha value is -0.870. The molecule has 2 aliphatic heterocycles. The number of hydrogen-bond acceptors (Lipinski definition) is 3. The van der Waals surface area contributed by atoms with Gasteiger partial charge in [-0.2, -0.15) is 5.10 Å². The van der Waals surface area contributed by atoms with Crippen molar-refractivity contribution in [3.63, 3.8) is 0 Å². The fourth-order valence-electron chi connectivity index (χ4n) is 4.52. The Bertz CT molecular complexity index is 457. The van der Waals surface area contributed by atoms with Gasteiger partial charge in [-0.25, -0.2) is 0 Å². The van der Waals surface area contributed by atoms with Gasteiger partial charge in [0, 0.05) is 31.9 Å². The molecule has 116 valence electrons. The summed E-state index contributed by atoms with van der Waals surface area (Å²) >= 11 is 0. The highest BCUT2D eigenvalue weighted by molar-refractivity contribution is 5.06. The highest BCUT2D eigenvalue weighted by atomic mass is 15.4. The molecule has 0 aromatic carbocycles. The molecule has 1 unspecified atom stereocenters. The van der Waals surface area contributed by atoms with Gasteiger partial charge in [-0.1, -0.05) is 12.8 Å². The lowest BCUT2D eigenvalue weighted by molar-refractivity contribution is 0.115. The van der Waals surface area contributed by atoms with Gasteiger partial charge in [0.15, 0.2) is 0 Å². The van der Waals surface area contributed by atoms with Crippen molar-refractivity contribution in [1.29, 1.82) is 0 Å². The molecule has 1 saturated heterocycles. The SMILES string of the molecule is c1cc2n(n1)C(CCN1CCCC1)CN(C1CCCC1)C2. The quantitative estimate of drug-likeness (QED) is 0.851. The van der Waals surface area contributed by atoms with E-state index in [9.17, 15) is 0 Å². The largest absolute Gasteiger partial charge is 0.303 e. The van der Waals surface area contributed by atoms with Crippen molar-refractivity contribution in [2.45, 2.75) is 63.6 Å². The van der Waals surface area contributed by atoms with Crippen LogP contribution in [0.3, 0.4) is 0 Å². The van der Waals surface area contributed by atoms with Crippen LogP contribution in [0.25, 0.3) is 0 Å². The number of hydrogen-bond donors (Lipinski definition) is 0. The standard InChI is InChI=1S/C17H28N4/c1-2-6-15(5-1)20-13-16-7-9-18-21(16)17(14-20)8-12-19-10-3-4-11-19/h7,9,15,17H,1-6,8,10-14H2. The Morgan fingerprint density at radius 1 is 1.10 bits per heavy atom. The summed E-state index contributed by atoms with van der Waals surface area (Å²) in [6.45, 7) is 6.20. The Kier molecular flexibility index (Phi) is 3.99. The molecule has 1 aromatic heterocycles. The maximum Gasteiger partial charge on any atom is 0.0662 e. The lowest BCUT2D eigenvalue weighted by Crippen LogP contribution is -2.43. The molecule has 0 amide bonds. The van der Waals surface area contributed by atoms with Crippen LogP contribution in [0.15, 0.2) is 12.3 Å². The van der Waals surface area contributed by atoms with Crippen LogP contribution in [0.1, 0.15) is 56.7 Å². The topological polar surface area (TPSA) is 24.3 Å². The molecule has 1 aliphatic carbocycles. The summed E-state index contributed by atoms with van der Waals surface area (Å²) in [6.07, 6.45) is 11.7. The molecular weight excluding hydrogens is 260 g/mol. The Labute approximate surface area is 128 Å². The van der Waals surface area contributed by atoms with E-state index < -0.39 is 0 Å². The lowest BCUT2D eigenvalue weighted by atomic mass is 10.1. The predicted molar refractivity (Wildman–Crippen MR) is 84.2 cm³/mol. The predicted octanol–water partition coefficient (Wildman–Crippen LogP) is 2.67. The van der Waals surface area contributed by atoms with Crippen LogP contribution < -0.4 is 0 Å². The third kappa shape index (κ3) is 2.88. The minimum Gasteiger partial charge on any atom is -0.303 e. The Morgan fingerprint density at radius 2 is 1.90 bits per heavy atom. The van der Waals surface area contributed by atoms with E-state index in [4.69, 9.17) is 0 Å². The van der Waals surface area contributed by atoms with Crippen LogP contribution in [-0.2, 0) is 6.54 Å². The van der Waals surface area contributed by atoms with Gasteiger partial charge in [0.05, 0.1) is 11.7 Å². The molecule has 3 heterocycles. The number of nitrogens with zero attached hydrogens (tertiary/aromatic N) is 4. The van der Waals surface area contributed by atoms with Crippen LogP contribution in [-0.4, -0.2) is 51.8 Å². The van der Waals surface area contributed by atoms with Crippen LogP contribution in [0.5, 0.6) is 0 Å². The zero-order valence-electron chi connectivity index (χ0n) is 13.1. The molecule has 21 heavy (non-hydrogen) atoms. The molecule has 0 radical (unpaired) electrons. The Morgan fingerprint density at radius 3 is 2.71 bits per heavy atom. The molecule has 4 heteroatoms. The van der Waals surface area contributed by atoms with E-state index in [1.54, 1.807) is 0 Å². The second-order valence-electron chi connectivity index (χ2n) is 7.13. The van der Waals surface area contributed by atoms with Gasteiger partial charge in [-0.05, 0) is 51.3 Å². The summed E-state index contributed by atoms with van der Waals surface area (Å²) < 4.78 is 2.32. The molecular formula is C17H28N4. The van der Waals surface area contributed by atoms with Gasteiger partial charge >= 0.3 is 0 Å². The monoisotopic (exact) mass is 288 g/mol. The smallest absolute Gasteiger partial charge is 0.0662 e. The maximum absolute atomic E-state index is 4.62. The van der Waals surface area contributed by atoms with E-state index in [1.807, 2.05) is 6.20 Å². The number of likely N-dealkylation sites (tertiary alicyclic amines) is 1. The van der Waals surface area contributed by atoms with Gasteiger partial charge in [-0.3, -0.25) is 9.58 Å². The van der Waals surface area contributed by atoms with Crippen molar-refractivity contribution < 1.29 is 0 Å². The molecule has 4 rings (SSSR count). The average Bonchev–Trinajstić information content (AvgIpc) is 3.24. The summed E-state index contributed by atoms with van der Waals surface area (Å²) in [5.74, 6) is 0. The molecule has 0 N–H and O–H groups in total. The van der Waals surface area contributed by atoms with E-state index in [2.05, 4.69) is 25.6 Å². The van der Waals surface area contributed by atoms with Crippen molar-refractivity contribution in [2.24, 2.45) is 0 Å². The molecule has 0 bridgehead atoms. The lowest BCUT2D eigenvalue weighted by Gasteiger charge is -2.38. The zero-order chi connectivity index (χ0) is 14.1. The summed E-state index contributed by atoms with van der Waals surface area (Å²) in [4.78, 5) is 5.39. The highest BCUT2D eigenvalue weighted by Crippen LogP contribution is 2.31. The summed E-state index contributed by atoms with van der Waals surface area (Å²) in [5.41, 5.74) is 1.43. The van der Waals surface area contributed by atoms with E-state index in [0.717, 1.165) is 12.6 Å². The summed E-state index contributed by atoms with van der Waals surface area (Å²) in [5, 5.41) is 4.62. The molecule has 1 atom stereocenters. The second-order valence-corrected chi connectivity index (χ2v) is 7.13. The Balaban J connectivity index is 1.43. The highest BCUT2D eigenvalue weighted by Gasteiger charge is 2.31. The zero-order valence-corrected chi connectivity index (χ0v) is 13.1. The normalized spacial score (nSPS) is 28.3. The van der Waals surface area contributed by atoms with Gasteiger partial charge in [-0.15, -0.1) is 0 Å². The summed E-state index contributed by atoms with van der Waals surface area (Å²) in [7, 11) is 0. The number of aromatic nitrogens is 2. The third-order valence-electron chi connectivity index (χ3n) is 5.73. The molecule has 1 saturated carbocycles. The van der Waals surface area contributed by atoms with Crippen molar-refractivity contribution in [2.75, 3.05) is 26.2 Å². The van der Waals surface area contributed by atoms with E-state index in [-0.39, 0.29) is 0 Å². The van der Waals surface area contributed by atoms with Gasteiger partial charge < -0.3 is 4.90 Å². The van der Waals surface area contributed by atoms with E-state index >= 15 is 0 Å². The van der Waals surface area contributed by atoms with Crippen molar-refractivity contribution in [3.05, 3.63) is 18.0 Å². The van der Waals surface area contributed by atoms with Crippen LogP contribution >= 0.6 is 0 Å². The van der Waals surface area contributed by atoms with Gasteiger partial charge in [0.2, 0.25) is 0 Å². The van der Waals surface area contributed by atoms with Crippen LogP contribution in [0.2, 0.25) is 0 Å². The van der Waals surface area contributed by atoms with E-state index in [1.165, 1.54) is 76.8 Å². The van der Waals surface area contributed by atoms with E-state index in [0.29, 0.717) is 6.04 Å². The first-order chi connectivity index (χ1) is 10.4. The molecule has 0 spiro atoms. The van der Waals surface area contributed by atoms with Crippen LogP contribution in [0.4, 0.5) is 0 Å². The fourth-order valence-corrected chi connectivity index (χ4v) is 4.52. The van der Waals surface area contributed by atoms with Gasteiger partial charge in [0.25, 0.3) is 0 Å². The fraction of sp³-hybridized carbons (Fsp3) is 0.824. The second kappa shape index (κ2) is 6.09. The molecule has 3 aliphatic rings. The molecule has 2 fully saturated rings. The minimum atomic E-state index is 0.588. The molecule has 1 aromatic rings. The third-order valence-corrected chi connectivity index (χ3v) is 5.73. The number of fused-ring (bicyclic) bond motifs is 1. The first-order valence-corrected chi connectivity index (χ1v) is 8.89. The first-order valence-electron chi connectivity index (χ1n) is 8.89.